The standard InChI is InChI=1S/C11H10ClFN6/c12-6-2-1-3-7(8(6)13)18-11(19-15)9-10(14)17-5-4-16-9/h1-5H,15H2,(H2,14,17)(H,18,19). The van der Waals surface area contributed by atoms with Gasteiger partial charge in [0.2, 0.25) is 0 Å². The maximum atomic E-state index is 13.7. The van der Waals surface area contributed by atoms with Crippen molar-refractivity contribution in [2.45, 2.75) is 0 Å². The van der Waals surface area contributed by atoms with E-state index < -0.39 is 5.82 Å². The number of benzene rings is 1. The number of aromatic nitrogens is 2. The van der Waals surface area contributed by atoms with Gasteiger partial charge in [0.1, 0.15) is 11.4 Å². The highest BCUT2D eigenvalue weighted by molar-refractivity contribution is 6.31. The summed E-state index contributed by atoms with van der Waals surface area (Å²) in [6.45, 7) is 0. The molecular weight excluding hydrogens is 271 g/mol. The van der Waals surface area contributed by atoms with Crippen molar-refractivity contribution in [2.75, 3.05) is 5.73 Å². The molecule has 1 aromatic heterocycles. The highest BCUT2D eigenvalue weighted by Gasteiger charge is 2.11. The molecule has 0 amide bonds. The van der Waals surface area contributed by atoms with E-state index in [9.17, 15) is 4.39 Å². The molecule has 0 aliphatic rings. The molecule has 0 radical (unpaired) electrons. The molecule has 0 saturated heterocycles. The summed E-state index contributed by atoms with van der Waals surface area (Å²) >= 11 is 5.67. The Morgan fingerprint density at radius 2 is 2.05 bits per heavy atom. The molecule has 98 valence electrons. The van der Waals surface area contributed by atoms with Crippen LogP contribution >= 0.6 is 11.6 Å². The van der Waals surface area contributed by atoms with Crippen LogP contribution in [0.4, 0.5) is 15.9 Å². The Labute approximate surface area is 113 Å². The van der Waals surface area contributed by atoms with Gasteiger partial charge in [0.25, 0.3) is 0 Å². The molecule has 0 atom stereocenters. The number of hydrogen-bond acceptors (Lipinski definition) is 5. The maximum absolute atomic E-state index is 13.7. The van der Waals surface area contributed by atoms with Crippen molar-refractivity contribution in [3.63, 3.8) is 0 Å². The summed E-state index contributed by atoms with van der Waals surface area (Å²) in [5.41, 5.74) is 8.21. The Bertz CT molecular complexity index is 630. The molecule has 0 fully saturated rings. The Balaban J connectivity index is 2.51. The molecule has 1 aromatic carbocycles. The molecule has 2 aromatic rings. The predicted octanol–water partition coefficient (Wildman–Crippen LogP) is 1.39. The SMILES string of the molecule is NNC(=Nc1cccc(Cl)c1F)c1nccnc1N. The Morgan fingerprint density at radius 3 is 2.74 bits per heavy atom. The molecule has 6 nitrogen and oxygen atoms in total. The monoisotopic (exact) mass is 280 g/mol. The van der Waals surface area contributed by atoms with Crippen LogP contribution in [0.1, 0.15) is 5.69 Å². The van der Waals surface area contributed by atoms with Crippen LogP contribution < -0.4 is 17.0 Å². The lowest BCUT2D eigenvalue weighted by Crippen LogP contribution is -2.32. The number of aliphatic imine (C=N–C) groups is 1. The first-order valence-electron chi connectivity index (χ1n) is 5.19. The number of nitrogen functional groups attached to an aromatic ring is 1. The van der Waals surface area contributed by atoms with Crippen LogP contribution in [0.5, 0.6) is 0 Å². The van der Waals surface area contributed by atoms with Gasteiger partial charge in [-0.3, -0.25) is 0 Å². The summed E-state index contributed by atoms with van der Waals surface area (Å²) in [5, 5.41) is -0.0373. The van der Waals surface area contributed by atoms with E-state index in [4.69, 9.17) is 23.2 Å². The second kappa shape index (κ2) is 5.59. The van der Waals surface area contributed by atoms with Crippen molar-refractivity contribution < 1.29 is 4.39 Å². The van der Waals surface area contributed by atoms with Gasteiger partial charge >= 0.3 is 0 Å². The second-order valence-electron chi connectivity index (χ2n) is 3.47. The topological polar surface area (TPSA) is 102 Å². The number of amidine groups is 1. The Morgan fingerprint density at radius 1 is 1.32 bits per heavy atom. The van der Waals surface area contributed by atoms with Crippen LogP contribution in [0.25, 0.3) is 0 Å². The fourth-order valence-corrected chi connectivity index (χ4v) is 1.55. The third-order valence-electron chi connectivity index (χ3n) is 2.25. The lowest BCUT2D eigenvalue weighted by atomic mass is 10.3. The number of nitrogens with zero attached hydrogens (tertiary/aromatic N) is 3. The van der Waals surface area contributed by atoms with Gasteiger partial charge in [-0.1, -0.05) is 17.7 Å². The molecule has 0 aliphatic carbocycles. The zero-order valence-corrected chi connectivity index (χ0v) is 10.4. The fraction of sp³-hybridized carbons (Fsp3) is 0. The largest absolute Gasteiger partial charge is 0.382 e. The first-order chi connectivity index (χ1) is 9.13. The number of rotatable bonds is 2. The van der Waals surface area contributed by atoms with E-state index in [1.165, 1.54) is 24.5 Å². The van der Waals surface area contributed by atoms with Gasteiger partial charge in [0, 0.05) is 12.4 Å². The summed E-state index contributed by atoms with van der Waals surface area (Å²) in [6, 6.07) is 4.44. The van der Waals surface area contributed by atoms with Crippen molar-refractivity contribution >= 4 is 28.9 Å². The average Bonchev–Trinajstić information content (AvgIpc) is 2.41. The quantitative estimate of drug-likeness (QED) is 0.334. The molecule has 0 bridgehead atoms. The van der Waals surface area contributed by atoms with Gasteiger partial charge in [-0.2, -0.15) is 0 Å². The maximum Gasteiger partial charge on any atom is 0.170 e. The van der Waals surface area contributed by atoms with Gasteiger partial charge in [-0.05, 0) is 12.1 Å². The molecule has 0 spiro atoms. The van der Waals surface area contributed by atoms with E-state index in [-0.39, 0.29) is 28.1 Å². The minimum absolute atomic E-state index is 0.0190. The van der Waals surface area contributed by atoms with E-state index in [2.05, 4.69) is 20.4 Å². The second-order valence-corrected chi connectivity index (χ2v) is 3.88. The number of hydrazine groups is 1. The molecular formula is C11H10ClFN6. The third-order valence-corrected chi connectivity index (χ3v) is 2.54. The summed E-state index contributed by atoms with van der Waals surface area (Å²) in [4.78, 5) is 11.8. The van der Waals surface area contributed by atoms with Crippen LogP contribution in [-0.4, -0.2) is 15.8 Å². The molecule has 5 N–H and O–H groups in total. The average molecular weight is 281 g/mol. The smallest absolute Gasteiger partial charge is 0.170 e. The Hall–Kier alpha value is -2.25. The van der Waals surface area contributed by atoms with Crippen LogP contribution in [0.2, 0.25) is 5.02 Å². The summed E-state index contributed by atoms with van der Waals surface area (Å²) in [5.74, 6) is 4.91. The zero-order valence-electron chi connectivity index (χ0n) is 9.64. The summed E-state index contributed by atoms with van der Waals surface area (Å²) < 4.78 is 13.7. The van der Waals surface area contributed by atoms with Gasteiger partial charge in [-0.25, -0.2) is 25.2 Å². The number of nitrogens with one attached hydrogen (secondary N) is 1. The van der Waals surface area contributed by atoms with Crippen LogP contribution in [0, 0.1) is 5.82 Å². The molecule has 0 unspecified atom stereocenters. The molecule has 19 heavy (non-hydrogen) atoms. The van der Waals surface area contributed by atoms with Crippen molar-refractivity contribution in [3.05, 3.63) is 47.1 Å². The van der Waals surface area contributed by atoms with Gasteiger partial charge in [0.05, 0.1) is 5.02 Å². The fourth-order valence-electron chi connectivity index (χ4n) is 1.38. The highest BCUT2D eigenvalue weighted by Crippen LogP contribution is 2.25. The van der Waals surface area contributed by atoms with E-state index in [1.54, 1.807) is 6.07 Å². The first kappa shape index (κ1) is 13.2. The van der Waals surface area contributed by atoms with Crippen LogP contribution in [0.15, 0.2) is 35.6 Å². The minimum Gasteiger partial charge on any atom is -0.382 e. The van der Waals surface area contributed by atoms with Crippen molar-refractivity contribution in [1.82, 2.24) is 15.4 Å². The minimum atomic E-state index is -0.653. The van der Waals surface area contributed by atoms with Crippen LogP contribution in [0.3, 0.4) is 0 Å². The van der Waals surface area contributed by atoms with Gasteiger partial charge in [0.15, 0.2) is 17.5 Å². The number of anilines is 1. The highest BCUT2D eigenvalue weighted by atomic mass is 35.5. The van der Waals surface area contributed by atoms with Crippen molar-refractivity contribution in [2.24, 2.45) is 10.8 Å². The van der Waals surface area contributed by atoms with Crippen molar-refractivity contribution in [3.8, 4) is 0 Å². The van der Waals surface area contributed by atoms with E-state index in [0.29, 0.717) is 0 Å². The van der Waals surface area contributed by atoms with E-state index >= 15 is 0 Å². The lowest BCUT2D eigenvalue weighted by Gasteiger charge is -2.07. The Kier molecular flexibility index (Phi) is 3.88. The van der Waals surface area contributed by atoms with Crippen LogP contribution in [-0.2, 0) is 0 Å². The molecule has 0 aliphatic heterocycles. The number of halogens is 2. The number of hydrogen-bond donors (Lipinski definition) is 3. The molecule has 8 heteroatoms. The van der Waals surface area contributed by atoms with E-state index in [1.807, 2.05) is 0 Å². The number of nitrogens with two attached hydrogens (primary N) is 2. The predicted molar refractivity (Wildman–Crippen MR) is 71.4 cm³/mol. The van der Waals surface area contributed by atoms with Gasteiger partial charge < -0.3 is 11.2 Å². The van der Waals surface area contributed by atoms with E-state index in [0.717, 1.165) is 0 Å². The van der Waals surface area contributed by atoms with Crippen molar-refractivity contribution in [1.29, 1.82) is 0 Å². The zero-order chi connectivity index (χ0) is 13.8. The lowest BCUT2D eigenvalue weighted by molar-refractivity contribution is 0.630. The summed E-state index contributed by atoms with van der Waals surface area (Å²) in [6.07, 6.45) is 2.85. The first-order valence-corrected chi connectivity index (χ1v) is 5.57. The molecule has 1 heterocycles. The normalized spacial score (nSPS) is 11.4. The summed E-state index contributed by atoms with van der Waals surface area (Å²) in [7, 11) is 0. The molecule has 0 saturated carbocycles. The van der Waals surface area contributed by atoms with Gasteiger partial charge in [-0.15, -0.1) is 0 Å². The molecule has 2 rings (SSSR count). The third kappa shape index (κ3) is 2.78.